The third-order valence-corrected chi connectivity index (χ3v) is 19.1. The maximum Gasteiger partial charge on any atom is 0.460 e. The summed E-state index contributed by atoms with van der Waals surface area (Å²) in [6.45, 7) is 9.15. The molecular formula is C59H48F26O4Si2. The molecule has 1 aliphatic rings. The Kier molecular flexibility index (Phi) is 18.5. The van der Waals surface area contributed by atoms with E-state index in [1.807, 2.05) is 24.3 Å². The van der Waals surface area contributed by atoms with Crippen LogP contribution in [0.2, 0.25) is 26.2 Å². The SMILES string of the molecule is C=C[Si](C)(C)OC(COc1ccc2cc(C3(c4ccc5cc(OCC(CC(F)(F)C(F)(F)C(F)(F)C(F)(F)C(F)(F)C(F)(F)F)O[Si](C)(C)C=C)ccc5c4)c4ccccc4-c4ccccc43)ccc2c1)CC(F)(F)C(F)(F)C(F)(F)C(F)(F)C(F)(F)C(F)(F)F. The van der Waals surface area contributed by atoms with Gasteiger partial charge in [-0.25, -0.2) is 0 Å². The number of hydrogen-bond donors (Lipinski definition) is 0. The van der Waals surface area contributed by atoms with Crippen molar-refractivity contribution in [3.8, 4) is 22.6 Å². The van der Waals surface area contributed by atoms with E-state index in [0.717, 1.165) is 22.5 Å². The van der Waals surface area contributed by atoms with Gasteiger partial charge in [0.15, 0.2) is 0 Å². The molecule has 7 rings (SSSR count). The van der Waals surface area contributed by atoms with Crippen LogP contribution in [-0.4, -0.2) is 114 Å². The highest BCUT2D eigenvalue weighted by Gasteiger charge is 2.92. The molecule has 0 spiro atoms. The van der Waals surface area contributed by atoms with Crippen LogP contribution in [0.1, 0.15) is 35.1 Å². The molecule has 0 aromatic heterocycles. The minimum absolute atomic E-state index is 0.247. The van der Waals surface area contributed by atoms with Gasteiger partial charge in [0.05, 0.1) is 17.6 Å². The second kappa shape index (κ2) is 23.5. The third kappa shape index (κ3) is 12.2. The van der Waals surface area contributed by atoms with Gasteiger partial charge < -0.3 is 18.3 Å². The molecule has 0 aliphatic heterocycles. The summed E-state index contributed by atoms with van der Waals surface area (Å²) in [5, 5.41) is 1.47. The Bertz CT molecular complexity index is 3440. The van der Waals surface area contributed by atoms with Crippen LogP contribution in [0.5, 0.6) is 11.5 Å². The highest BCUT2D eigenvalue weighted by Crippen LogP contribution is 2.63. The van der Waals surface area contributed by atoms with Gasteiger partial charge in [-0.2, -0.15) is 114 Å². The van der Waals surface area contributed by atoms with Crippen molar-refractivity contribution < 1.29 is 132 Å². The van der Waals surface area contributed by atoms with Gasteiger partial charge in [-0.3, -0.25) is 0 Å². The average molecular weight is 1370 g/mol. The molecule has 0 heterocycles. The molecule has 0 radical (unpaired) electrons. The van der Waals surface area contributed by atoms with Crippen LogP contribution in [0.15, 0.2) is 146 Å². The predicted octanol–water partition coefficient (Wildman–Crippen LogP) is 20.0. The summed E-state index contributed by atoms with van der Waals surface area (Å²) in [6.07, 6.45) is -25.5. The number of ether oxygens (including phenoxy) is 2. The van der Waals surface area contributed by atoms with Crippen molar-refractivity contribution in [1.82, 2.24) is 0 Å². The quantitative estimate of drug-likeness (QED) is 0.0400. The highest BCUT2D eigenvalue weighted by molar-refractivity contribution is 6.76. The molecule has 2 atom stereocenters. The van der Waals surface area contributed by atoms with Crippen LogP contribution in [0, 0.1) is 0 Å². The molecule has 2 unspecified atom stereocenters. The molecule has 0 amide bonds. The van der Waals surface area contributed by atoms with E-state index >= 15 is 17.6 Å². The fourth-order valence-electron chi connectivity index (χ4n) is 10.2. The average Bonchev–Trinajstić information content (AvgIpc) is 1.67. The fraction of sp³-hybridized carbons (Fsp3) is 0.390. The second-order valence-electron chi connectivity index (χ2n) is 22.4. The van der Waals surface area contributed by atoms with E-state index in [9.17, 15) is 96.6 Å². The van der Waals surface area contributed by atoms with Crippen molar-refractivity contribution >= 4 is 38.2 Å². The molecule has 91 heavy (non-hydrogen) atoms. The third-order valence-electron chi connectivity index (χ3n) is 15.2. The number of rotatable bonds is 26. The van der Waals surface area contributed by atoms with Gasteiger partial charge in [0, 0.05) is 12.8 Å². The van der Waals surface area contributed by atoms with Crippen LogP contribution in [0.3, 0.4) is 0 Å². The minimum atomic E-state index is -8.12. The molecule has 0 saturated carbocycles. The summed E-state index contributed by atoms with van der Waals surface area (Å²) in [5.41, 5.74) is 4.86. The fourth-order valence-corrected chi connectivity index (χ4v) is 12.4. The standard InChI is InChI=1S/C59H48F26O4Si2/c1-7-90(3,4)88-41(29-47(60,61)50(64,65)52(68,69)54(72,73)56(76,77)58(80,81)82)31-86-39-23-19-33-25-37(21-17-35(33)27-39)49(45-15-11-9-13-43(45)44-14-10-12-16-46(44)49)38-22-18-36-28-40(24-20-34(36)26-38)87-32-42(89-91(5,6)8-2)30-48(62,63)51(66,67)53(70,71)55(74,75)57(78,79)59(83,84)85/h7-28,41-42H,1-2,29-32H2,3-6H3. The van der Waals surface area contributed by atoms with Gasteiger partial charge in [-0.15, -0.1) is 13.2 Å². The van der Waals surface area contributed by atoms with Crippen LogP contribution in [0.25, 0.3) is 32.7 Å². The Morgan fingerprint density at radius 3 is 0.967 bits per heavy atom. The van der Waals surface area contributed by atoms with Gasteiger partial charge in [0.1, 0.15) is 24.7 Å². The van der Waals surface area contributed by atoms with E-state index in [1.165, 1.54) is 62.6 Å². The predicted molar refractivity (Wildman–Crippen MR) is 286 cm³/mol. The first-order valence-electron chi connectivity index (χ1n) is 26.4. The molecule has 0 bridgehead atoms. The summed E-state index contributed by atoms with van der Waals surface area (Å²) in [4.78, 5) is 0. The van der Waals surface area contributed by atoms with E-state index in [0.29, 0.717) is 43.8 Å². The number of fused-ring (bicyclic) bond motifs is 5. The molecule has 0 N–H and O–H groups in total. The minimum Gasteiger partial charge on any atom is -0.491 e. The molecule has 0 saturated heterocycles. The summed E-state index contributed by atoms with van der Waals surface area (Å²) in [7, 11) is -7.01. The zero-order valence-corrected chi connectivity index (χ0v) is 49.1. The summed E-state index contributed by atoms with van der Waals surface area (Å²) < 4.78 is 388. The van der Waals surface area contributed by atoms with Gasteiger partial charge in [-0.05, 0) is 118 Å². The van der Waals surface area contributed by atoms with Crippen molar-refractivity contribution in [3.05, 3.63) is 168 Å². The lowest BCUT2D eigenvalue weighted by atomic mass is 9.67. The highest BCUT2D eigenvalue weighted by atomic mass is 28.4. The molecule has 498 valence electrons. The number of hydrogen-bond acceptors (Lipinski definition) is 4. The van der Waals surface area contributed by atoms with Gasteiger partial charge in [0.2, 0.25) is 16.6 Å². The Morgan fingerprint density at radius 1 is 0.374 bits per heavy atom. The van der Waals surface area contributed by atoms with E-state index in [2.05, 4.69) is 13.2 Å². The largest absolute Gasteiger partial charge is 0.491 e. The van der Waals surface area contributed by atoms with Crippen molar-refractivity contribution in [2.24, 2.45) is 0 Å². The Labute approximate surface area is 501 Å². The number of halogens is 26. The lowest BCUT2D eigenvalue weighted by Gasteiger charge is -2.40. The molecule has 6 aromatic rings. The van der Waals surface area contributed by atoms with Crippen LogP contribution in [-0.2, 0) is 14.3 Å². The smallest absolute Gasteiger partial charge is 0.460 e. The summed E-state index contributed by atoms with van der Waals surface area (Å²) in [5.74, 6) is -76.8. The topological polar surface area (TPSA) is 36.9 Å². The molecule has 6 aromatic carbocycles. The molecule has 0 fully saturated rings. The van der Waals surface area contributed by atoms with Gasteiger partial charge >= 0.3 is 71.6 Å². The number of benzene rings is 6. The lowest BCUT2D eigenvalue weighted by Crippen LogP contribution is -2.70. The monoisotopic (exact) mass is 1370 g/mol. The van der Waals surface area contributed by atoms with Crippen molar-refractivity contribution in [1.29, 1.82) is 0 Å². The van der Waals surface area contributed by atoms with Crippen LogP contribution in [0.4, 0.5) is 114 Å². The summed E-state index contributed by atoms with van der Waals surface area (Å²) >= 11 is 0. The molecular weight excluding hydrogens is 1320 g/mol. The van der Waals surface area contributed by atoms with Crippen molar-refractivity contribution in [3.63, 3.8) is 0 Å². The molecule has 32 heteroatoms. The van der Waals surface area contributed by atoms with E-state index in [-0.39, 0.29) is 11.5 Å². The number of alkyl halides is 26. The Hall–Kier alpha value is -6.55. The summed E-state index contributed by atoms with van der Waals surface area (Å²) in [6, 6.07) is 32.1. The molecule has 4 nitrogen and oxygen atoms in total. The first kappa shape index (κ1) is 71.9. The molecule has 1 aliphatic carbocycles. The van der Waals surface area contributed by atoms with Gasteiger partial charge in [0.25, 0.3) is 0 Å². The van der Waals surface area contributed by atoms with Crippen LogP contribution >= 0.6 is 0 Å². The first-order chi connectivity index (χ1) is 41.3. The van der Waals surface area contributed by atoms with Crippen molar-refractivity contribution in [2.75, 3.05) is 13.2 Å². The Morgan fingerprint density at radius 2 is 0.659 bits per heavy atom. The van der Waals surface area contributed by atoms with Crippen LogP contribution < -0.4 is 9.47 Å². The maximum atomic E-state index is 15.3. The van der Waals surface area contributed by atoms with E-state index in [4.69, 9.17) is 18.3 Å². The van der Waals surface area contributed by atoms with E-state index < -0.39 is 132 Å². The second-order valence-corrected chi connectivity index (χ2v) is 30.1. The first-order valence-corrected chi connectivity index (χ1v) is 32.3. The Balaban J connectivity index is 1.21. The zero-order valence-electron chi connectivity index (χ0n) is 47.1. The van der Waals surface area contributed by atoms with Gasteiger partial charge in [-0.1, -0.05) is 96.3 Å². The normalized spacial score (nSPS) is 15.9. The van der Waals surface area contributed by atoms with E-state index in [1.54, 1.807) is 60.7 Å². The lowest BCUT2D eigenvalue weighted by molar-refractivity contribution is -0.440. The van der Waals surface area contributed by atoms with Crippen molar-refractivity contribution in [2.45, 2.75) is 128 Å². The maximum absolute atomic E-state index is 15.3. The zero-order chi connectivity index (χ0) is 68.8.